The highest BCUT2D eigenvalue weighted by Gasteiger charge is 2.11. The maximum atomic E-state index is 4.20. The van der Waals surface area contributed by atoms with Crippen LogP contribution >= 0.6 is 11.3 Å². The first-order valence-electron chi connectivity index (χ1n) is 5.71. The predicted molar refractivity (Wildman–Crippen MR) is 70.1 cm³/mol. The molecule has 1 atom stereocenters. The molecule has 0 aromatic carbocycles. The van der Waals surface area contributed by atoms with E-state index in [0.29, 0.717) is 6.04 Å². The molecule has 0 fully saturated rings. The highest BCUT2D eigenvalue weighted by Crippen LogP contribution is 2.26. The Balaban J connectivity index is 2.00. The fraction of sp³-hybridized carbons (Fsp3) is 0.500. The lowest BCUT2D eigenvalue weighted by Gasteiger charge is -2.13. The number of hydrogen-bond acceptors (Lipinski definition) is 4. The largest absolute Gasteiger partial charge is 0.303 e. The number of aromatic nitrogens is 3. The number of nitrogens with one attached hydrogen (secondary N) is 1. The monoisotopic (exact) mass is 250 g/mol. The van der Waals surface area contributed by atoms with Crippen molar-refractivity contribution in [3.8, 4) is 0 Å². The number of rotatable bonds is 4. The van der Waals surface area contributed by atoms with Crippen LogP contribution in [0.3, 0.4) is 0 Å². The molecule has 0 bridgehead atoms. The van der Waals surface area contributed by atoms with Crippen molar-refractivity contribution in [3.05, 3.63) is 33.5 Å². The summed E-state index contributed by atoms with van der Waals surface area (Å²) in [5.41, 5.74) is 1.38. The number of hydrogen-bond donors (Lipinski definition) is 1. The quantitative estimate of drug-likeness (QED) is 0.905. The Hall–Kier alpha value is -1.20. The van der Waals surface area contributed by atoms with E-state index in [2.05, 4.69) is 42.2 Å². The lowest BCUT2D eigenvalue weighted by atomic mass is 10.1. The zero-order valence-electron chi connectivity index (χ0n) is 10.7. The van der Waals surface area contributed by atoms with Crippen LogP contribution in [0.1, 0.15) is 34.1 Å². The van der Waals surface area contributed by atoms with Crippen molar-refractivity contribution in [1.82, 2.24) is 20.1 Å². The molecule has 0 saturated carbocycles. The molecule has 1 unspecified atom stereocenters. The van der Waals surface area contributed by atoms with Gasteiger partial charge >= 0.3 is 0 Å². The Kier molecular flexibility index (Phi) is 3.59. The fourth-order valence-electron chi connectivity index (χ4n) is 1.91. The summed E-state index contributed by atoms with van der Waals surface area (Å²) in [5.74, 6) is 0.960. The Morgan fingerprint density at radius 1 is 1.47 bits per heavy atom. The first kappa shape index (κ1) is 12.3. The molecule has 0 amide bonds. The summed E-state index contributed by atoms with van der Waals surface area (Å²) in [6, 6.07) is 2.60. The molecule has 0 aliphatic heterocycles. The topological polar surface area (TPSA) is 42.7 Å². The molecule has 0 spiro atoms. The zero-order valence-corrected chi connectivity index (χ0v) is 11.5. The lowest BCUT2D eigenvalue weighted by molar-refractivity contribution is 0.540. The van der Waals surface area contributed by atoms with Crippen LogP contribution in [0.4, 0.5) is 0 Å². The van der Waals surface area contributed by atoms with Crippen LogP contribution in [0.25, 0.3) is 0 Å². The van der Waals surface area contributed by atoms with Crippen LogP contribution in [-0.4, -0.2) is 14.8 Å². The zero-order chi connectivity index (χ0) is 12.4. The molecule has 17 heavy (non-hydrogen) atoms. The smallest absolute Gasteiger partial charge is 0.140 e. The van der Waals surface area contributed by atoms with E-state index in [1.165, 1.54) is 15.3 Å². The summed E-state index contributed by atoms with van der Waals surface area (Å²) in [5, 5.41) is 7.54. The first-order valence-corrected chi connectivity index (χ1v) is 6.52. The van der Waals surface area contributed by atoms with Crippen molar-refractivity contribution in [2.24, 2.45) is 7.05 Å². The molecule has 0 aliphatic rings. The SMILES string of the molecule is Cc1cc(C(C)NCc2ncnn2C)c(C)s1. The maximum absolute atomic E-state index is 4.20. The average molecular weight is 250 g/mol. The third-order valence-corrected chi connectivity index (χ3v) is 3.90. The lowest BCUT2D eigenvalue weighted by Crippen LogP contribution is -2.20. The van der Waals surface area contributed by atoms with E-state index in [4.69, 9.17) is 0 Å². The molecule has 0 saturated heterocycles. The summed E-state index contributed by atoms with van der Waals surface area (Å²) in [6.45, 7) is 7.25. The van der Waals surface area contributed by atoms with E-state index in [9.17, 15) is 0 Å². The van der Waals surface area contributed by atoms with Gasteiger partial charge in [0.2, 0.25) is 0 Å². The Morgan fingerprint density at radius 3 is 2.76 bits per heavy atom. The third-order valence-electron chi connectivity index (χ3n) is 2.92. The second kappa shape index (κ2) is 4.98. The molecular weight excluding hydrogens is 232 g/mol. The van der Waals surface area contributed by atoms with Crippen LogP contribution in [-0.2, 0) is 13.6 Å². The van der Waals surface area contributed by atoms with Crippen LogP contribution in [0.15, 0.2) is 12.4 Å². The molecule has 2 aromatic heterocycles. The van der Waals surface area contributed by atoms with Gasteiger partial charge in [0.1, 0.15) is 12.2 Å². The Labute approximate surface area is 106 Å². The van der Waals surface area contributed by atoms with Crippen LogP contribution in [0, 0.1) is 13.8 Å². The summed E-state index contributed by atoms with van der Waals surface area (Å²) in [7, 11) is 1.91. The van der Waals surface area contributed by atoms with Crippen LogP contribution < -0.4 is 5.32 Å². The van der Waals surface area contributed by atoms with E-state index in [-0.39, 0.29) is 0 Å². The van der Waals surface area contributed by atoms with E-state index in [1.807, 2.05) is 18.4 Å². The van der Waals surface area contributed by atoms with Crippen molar-refractivity contribution in [2.75, 3.05) is 0 Å². The van der Waals surface area contributed by atoms with Crippen molar-refractivity contribution in [1.29, 1.82) is 0 Å². The minimum atomic E-state index is 0.344. The summed E-state index contributed by atoms with van der Waals surface area (Å²) < 4.78 is 1.80. The molecule has 5 heteroatoms. The molecule has 4 nitrogen and oxygen atoms in total. The van der Waals surface area contributed by atoms with Crippen molar-refractivity contribution < 1.29 is 0 Å². The molecule has 2 aromatic rings. The van der Waals surface area contributed by atoms with Crippen molar-refractivity contribution in [2.45, 2.75) is 33.4 Å². The van der Waals surface area contributed by atoms with E-state index >= 15 is 0 Å². The molecule has 2 heterocycles. The molecule has 1 N–H and O–H groups in total. The summed E-state index contributed by atoms with van der Waals surface area (Å²) >= 11 is 1.85. The average Bonchev–Trinajstić information content (AvgIpc) is 2.81. The van der Waals surface area contributed by atoms with Gasteiger partial charge in [0, 0.05) is 22.8 Å². The van der Waals surface area contributed by atoms with Gasteiger partial charge in [-0.3, -0.25) is 4.68 Å². The molecule has 0 aliphatic carbocycles. The van der Waals surface area contributed by atoms with E-state index in [0.717, 1.165) is 12.4 Å². The van der Waals surface area contributed by atoms with Gasteiger partial charge in [-0.25, -0.2) is 4.98 Å². The molecule has 2 rings (SSSR count). The highest BCUT2D eigenvalue weighted by atomic mass is 32.1. The normalized spacial score (nSPS) is 12.9. The van der Waals surface area contributed by atoms with Gasteiger partial charge in [0.25, 0.3) is 0 Å². The minimum absolute atomic E-state index is 0.344. The van der Waals surface area contributed by atoms with Gasteiger partial charge in [-0.1, -0.05) is 0 Å². The van der Waals surface area contributed by atoms with Gasteiger partial charge in [-0.2, -0.15) is 5.10 Å². The van der Waals surface area contributed by atoms with Crippen LogP contribution in [0.5, 0.6) is 0 Å². The van der Waals surface area contributed by atoms with Crippen LogP contribution in [0.2, 0.25) is 0 Å². The molecule has 0 radical (unpaired) electrons. The van der Waals surface area contributed by atoms with Gasteiger partial charge < -0.3 is 5.32 Å². The summed E-state index contributed by atoms with van der Waals surface area (Å²) in [6.07, 6.45) is 1.58. The van der Waals surface area contributed by atoms with Gasteiger partial charge in [-0.15, -0.1) is 11.3 Å². The highest BCUT2D eigenvalue weighted by molar-refractivity contribution is 7.12. The van der Waals surface area contributed by atoms with Crippen molar-refractivity contribution in [3.63, 3.8) is 0 Å². The Bertz CT molecular complexity index is 500. The fourth-order valence-corrected chi connectivity index (χ4v) is 2.94. The number of thiophene rings is 1. The molecule has 92 valence electrons. The van der Waals surface area contributed by atoms with Gasteiger partial charge in [-0.05, 0) is 32.4 Å². The van der Waals surface area contributed by atoms with Gasteiger partial charge in [0.15, 0.2) is 0 Å². The first-order chi connectivity index (χ1) is 8.08. The van der Waals surface area contributed by atoms with E-state index < -0.39 is 0 Å². The number of nitrogens with zero attached hydrogens (tertiary/aromatic N) is 3. The number of aryl methyl sites for hydroxylation is 3. The molecular formula is C12H18N4S. The summed E-state index contributed by atoms with van der Waals surface area (Å²) in [4.78, 5) is 6.96. The van der Waals surface area contributed by atoms with E-state index in [1.54, 1.807) is 11.0 Å². The Morgan fingerprint density at radius 2 is 2.24 bits per heavy atom. The second-order valence-corrected chi connectivity index (χ2v) is 5.73. The standard InChI is InChI=1S/C12H18N4S/c1-8-5-11(10(3)17-8)9(2)13-6-12-14-7-15-16(12)4/h5,7,9,13H,6H2,1-4H3. The van der Waals surface area contributed by atoms with Crippen molar-refractivity contribution >= 4 is 11.3 Å². The minimum Gasteiger partial charge on any atom is -0.303 e. The maximum Gasteiger partial charge on any atom is 0.140 e. The predicted octanol–water partition coefficient (Wildman–Crippen LogP) is 2.34. The third kappa shape index (κ3) is 2.73. The second-order valence-electron chi connectivity index (χ2n) is 4.27. The van der Waals surface area contributed by atoms with Gasteiger partial charge in [0.05, 0.1) is 6.54 Å².